The van der Waals surface area contributed by atoms with E-state index in [2.05, 4.69) is 42.2 Å². The van der Waals surface area contributed by atoms with Crippen molar-refractivity contribution in [3.63, 3.8) is 0 Å². The maximum absolute atomic E-state index is 11.6. The highest BCUT2D eigenvalue weighted by Crippen LogP contribution is 2.16. The molecule has 4 nitrogen and oxygen atoms in total. The Kier molecular flexibility index (Phi) is 4.93. The fourth-order valence-corrected chi connectivity index (χ4v) is 1.81. The molecule has 0 fully saturated rings. The van der Waals surface area contributed by atoms with Gasteiger partial charge in [-0.3, -0.25) is 4.79 Å². The summed E-state index contributed by atoms with van der Waals surface area (Å²) in [7, 11) is 0. The third-order valence-electron chi connectivity index (χ3n) is 2.18. The molecule has 0 unspecified atom stereocenters. The Labute approximate surface area is 127 Å². The van der Waals surface area contributed by atoms with Crippen molar-refractivity contribution >= 4 is 43.6 Å². The molecule has 1 N–H and O–H groups in total. The van der Waals surface area contributed by atoms with Crippen molar-refractivity contribution in [2.24, 2.45) is 0 Å². The van der Waals surface area contributed by atoms with Gasteiger partial charge in [-0.1, -0.05) is 15.9 Å². The molecule has 2 aromatic rings. The first-order valence-electron chi connectivity index (χ1n) is 5.43. The van der Waals surface area contributed by atoms with E-state index in [4.69, 9.17) is 4.74 Å². The molecule has 0 spiro atoms. The highest BCUT2D eigenvalue weighted by atomic mass is 79.9. The quantitative estimate of drug-likeness (QED) is 0.874. The summed E-state index contributed by atoms with van der Waals surface area (Å²) in [4.78, 5) is 15.7. The van der Waals surface area contributed by atoms with Crippen LogP contribution in [0.1, 0.15) is 0 Å². The Morgan fingerprint density at radius 1 is 1.11 bits per heavy atom. The highest BCUT2D eigenvalue weighted by molar-refractivity contribution is 9.10. The summed E-state index contributed by atoms with van der Waals surface area (Å²) in [6.45, 7) is -0.0562. The number of ether oxygens (including phenoxy) is 1. The van der Waals surface area contributed by atoms with Gasteiger partial charge in [0, 0.05) is 15.1 Å². The van der Waals surface area contributed by atoms with E-state index in [0.29, 0.717) is 11.6 Å². The number of nitrogens with zero attached hydrogens (tertiary/aromatic N) is 1. The number of anilines is 1. The molecule has 0 saturated carbocycles. The van der Waals surface area contributed by atoms with Crippen LogP contribution < -0.4 is 10.1 Å². The number of hydrogen-bond acceptors (Lipinski definition) is 3. The minimum atomic E-state index is -0.252. The van der Waals surface area contributed by atoms with E-state index in [9.17, 15) is 4.79 Å². The number of benzene rings is 1. The summed E-state index contributed by atoms with van der Waals surface area (Å²) in [5.74, 6) is 0.882. The van der Waals surface area contributed by atoms with E-state index in [1.54, 1.807) is 30.5 Å². The van der Waals surface area contributed by atoms with Crippen molar-refractivity contribution in [1.82, 2.24) is 4.98 Å². The summed E-state index contributed by atoms with van der Waals surface area (Å²) in [5.41, 5.74) is 0. The lowest BCUT2D eigenvalue weighted by molar-refractivity contribution is -0.118. The zero-order valence-electron chi connectivity index (χ0n) is 9.77. The van der Waals surface area contributed by atoms with Gasteiger partial charge in [0.1, 0.15) is 11.6 Å². The van der Waals surface area contributed by atoms with Crippen LogP contribution in [0.4, 0.5) is 5.82 Å². The molecule has 0 aliphatic rings. The van der Waals surface area contributed by atoms with Crippen molar-refractivity contribution < 1.29 is 9.53 Å². The van der Waals surface area contributed by atoms with Crippen LogP contribution >= 0.6 is 31.9 Å². The lowest BCUT2D eigenvalue weighted by Gasteiger charge is -2.07. The lowest BCUT2D eigenvalue weighted by Crippen LogP contribution is -2.20. The zero-order valence-corrected chi connectivity index (χ0v) is 12.9. The molecule has 98 valence electrons. The van der Waals surface area contributed by atoms with Gasteiger partial charge in [-0.25, -0.2) is 4.98 Å². The Bertz CT molecular complexity index is 556. The molecular formula is C13H10Br2N2O2. The van der Waals surface area contributed by atoms with Gasteiger partial charge in [-0.05, 0) is 52.3 Å². The molecule has 0 saturated heterocycles. The monoisotopic (exact) mass is 384 g/mol. The normalized spacial score (nSPS) is 10.0. The Balaban J connectivity index is 1.84. The van der Waals surface area contributed by atoms with Crippen LogP contribution in [-0.2, 0) is 4.79 Å². The van der Waals surface area contributed by atoms with Gasteiger partial charge in [0.15, 0.2) is 6.61 Å². The molecule has 0 radical (unpaired) electrons. The summed E-state index contributed by atoms with van der Waals surface area (Å²) < 4.78 is 7.17. The summed E-state index contributed by atoms with van der Waals surface area (Å²) in [5, 5.41) is 2.65. The summed E-state index contributed by atoms with van der Waals surface area (Å²) in [6.07, 6.45) is 1.62. The number of amides is 1. The van der Waals surface area contributed by atoms with Gasteiger partial charge in [0.05, 0.1) is 0 Å². The number of carbonyl (C=O) groups is 1. The Morgan fingerprint density at radius 2 is 1.79 bits per heavy atom. The average molecular weight is 386 g/mol. The van der Waals surface area contributed by atoms with E-state index in [1.807, 2.05) is 12.1 Å². The van der Waals surface area contributed by atoms with Crippen LogP contribution in [0.3, 0.4) is 0 Å². The number of aromatic nitrogens is 1. The molecule has 0 aliphatic carbocycles. The summed E-state index contributed by atoms with van der Waals surface area (Å²) >= 11 is 6.60. The fourth-order valence-electron chi connectivity index (χ4n) is 1.31. The van der Waals surface area contributed by atoms with Crippen LogP contribution in [0.5, 0.6) is 5.75 Å². The molecule has 6 heteroatoms. The number of pyridine rings is 1. The fraction of sp³-hybridized carbons (Fsp3) is 0.0769. The van der Waals surface area contributed by atoms with Crippen molar-refractivity contribution in [2.45, 2.75) is 0 Å². The third-order valence-corrected chi connectivity index (χ3v) is 3.18. The second kappa shape index (κ2) is 6.68. The highest BCUT2D eigenvalue weighted by Gasteiger charge is 2.04. The van der Waals surface area contributed by atoms with E-state index in [1.165, 1.54) is 0 Å². The van der Waals surface area contributed by atoms with Gasteiger partial charge in [-0.2, -0.15) is 0 Å². The van der Waals surface area contributed by atoms with Gasteiger partial charge < -0.3 is 10.1 Å². The predicted octanol–water partition coefficient (Wildman–Crippen LogP) is 3.62. The molecular weight excluding hydrogens is 376 g/mol. The molecule has 0 atom stereocenters. The van der Waals surface area contributed by atoms with E-state index in [0.717, 1.165) is 8.95 Å². The second-order valence-corrected chi connectivity index (χ2v) is 5.48. The molecule has 2 rings (SSSR count). The van der Waals surface area contributed by atoms with Gasteiger partial charge in [0.25, 0.3) is 5.91 Å². The smallest absolute Gasteiger partial charge is 0.263 e. The molecule has 0 bridgehead atoms. The number of carbonyl (C=O) groups excluding carboxylic acids is 1. The molecule has 1 aromatic carbocycles. The van der Waals surface area contributed by atoms with Crippen LogP contribution in [0.2, 0.25) is 0 Å². The van der Waals surface area contributed by atoms with Crippen molar-refractivity contribution in [2.75, 3.05) is 11.9 Å². The Hall–Kier alpha value is -1.40. The second-order valence-electron chi connectivity index (χ2n) is 3.65. The van der Waals surface area contributed by atoms with Crippen molar-refractivity contribution in [3.8, 4) is 5.75 Å². The van der Waals surface area contributed by atoms with Crippen LogP contribution in [0, 0.1) is 0 Å². The molecule has 0 aliphatic heterocycles. The minimum absolute atomic E-state index is 0.0562. The van der Waals surface area contributed by atoms with Gasteiger partial charge in [-0.15, -0.1) is 0 Å². The predicted molar refractivity (Wildman–Crippen MR) is 80.2 cm³/mol. The van der Waals surface area contributed by atoms with E-state index in [-0.39, 0.29) is 12.5 Å². The Morgan fingerprint density at radius 3 is 2.42 bits per heavy atom. The van der Waals surface area contributed by atoms with Crippen molar-refractivity contribution in [3.05, 3.63) is 51.5 Å². The minimum Gasteiger partial charge on any atom is -0.484 e. The van der Waals surface area contributed by atoms with Crippen molar-refractivity contribution in [1.29, 1.82) is 0 Å². The maximum atomic E-state index is 11.6. The molecule has 19 heavy (non-hydrogen) atoms. The third kappa shape index (κ3) is 4.65. The average Bonchev–Trinajstić information content (AvgIpc) is 2.41. The molecule has 1 aromatic heterocycles. The number of halogens is 2. The lowest BCUT2D eigenvalue weighted by atomic mass is 10.3. The molecule has 1 amide bonds. The maximum Gasteiger partial charge on any atom is 0.263 e. The standard InChI is InChI=1S/C13H10Br2N2O2/c14-9-1-4-11(5-2-9)19-8-13(18)17-12-6-3-10(15)7-16-12/h1-7H,8H2,(H,16,17,18). The largest absolute Gasteiger partial charge is 0.484 e. The zero-order chi connectivity index (χ0) is 13.7. The van der Waals surface area contributed by atoms with E-state index >= 15 is 0 Å². The first kappa shape index (κ1) is 14.0. The first-order chi connectivity index (χ1) is 9.13. The SMILES string of the molecule is O=C(COc1ccc(Br)cc1)Nc1ccc(Br)cn1. The van der Waals surface area contributed by atoms with Crippen LogP contribution in [-0.4, -0.2) is 17.5 Å². The number of hydrogen-bond donors (Lipinski definition) is 1. The topological polar surface area (TPSA) is 51.2 Å². The van der Waals surface area contributed by atoms with Crippen LogP contribution in [0.15, 0.2) is 51.5 Å². The van der Waals surface area contributed by atoms with Gasteiger partial charge in [0.2, 0.25) is 0 Å². The van der Waals surface area contributed by atoms with Crippen LogP contribution in [0.25, 0.3) is 0 Å². The number of rotatable bonds is 4. The number of nitrogens with one attached hydrogen (secondary N) is 1. The van der Waals surface area contributed by atoms with E-state index < -0.39 is 0 Å². The first-order valence-corrected chi connectivity index (χ1v) is 7.02. The molecule has 1 heterocycles. The van der Waals surface area contributed by atoms with Gasteiger partial charge >= 0.3 is 0 Å². The summed E-state index contributed by atoms with van der Waals surface area (Å²) in [6, 6.07) is 10.8.